The molecule has 0 atom stereocenters. The smallest absolute Gasteiger partial charge is 0.464 e. The highest BCUT2D eigenvalue weighted by Crippen LogP contribution is 2.30. The van der Waals surface area contributed by atoms with Crippen LogP contribution in [0.15, 0.2) is 6.07 Å². The van der Waals surface area contributed by atoms with Crippen LogP contribution in [0.5, 0.6) is 5.75 Å². The Hall–Kier alpha value is -1.13. The summed E-state index contributed by atoms with van der Waals surface area (Å²) in [6.07, 6.45) is -4.98. The summed E-state index contributed by atoms with van der Waals surface area (Å²) in [5, 5.41) is 0. The van der Waals surface area contributed by atoms with Gasteiger partial charge in [-0.1, -0.05) is 0 Å². The molecule has 1 heterocycles. The minimum Gasteiger partial charge on any atom is -0.464 e. The van der Waals surface area contributed by atoms with Crippen molar-refractivity contribution in [3.8, 4) is 5.75 Å². The van der Waals surface area contributed by atoms with Crippen molar-refractivity contribution in [2.45, 2.75) is 13.0 Å². The van der Waals surface area contributed by atoms with Crippen LogP contribution in [0.4, 0.5) is 17.6 Å². The highest BCUT2D eigenvalue weighted by molar-refractivity contribution is 14.1. The number of hydrogen-bond donors (Lipinski definition) is 0. The molecular weight excluding hydrogens is 373 g/mol. The van der Waals surface area contributed by atoms with Gasteiger partial charge in [-0.25, -0.2) is 14.2 Å². The molecule has 0 saturated heterocycles. The molecule has 0 amide bonds. The number of esters is 1. The molecule has 0 aliphatic carbocycles. The number of carbonyl (C=O) groups is 1. The van der Waals surface area contributed by atoms with Crippen molar-refractivity contribution in [1.82, 2.24) is 4.98 Å². The maximum absolute atomic E-state index is 12.8. The average Bonchev–Trinajstić information content (AvgIpc) is 2.25. The lowest BCUT2D eigenvalue weighted by Crippen LogP contribution is -2.20. The van der Waals surface area contributed by atoms with E-state index in [2.05, 4.69) is 14.5 Å². The first-order valence-electron chi connectivity index (χ1n) is 4.38. The lowest BCUT2D eigenvalue weighted by atomic mass is 10.2. The fraction of sp³-hybridized carbons (Fsp3) is 0.333. The number of methoxy groups -OCH3 is 1. The van der Waals surface area contributed by atoms with Crippen LogP contribution in [0.25, 0.3) is 0 Å². The Labute approximate surface area is 112 Å². The summed E-state index contributed by atoms with van der Waals surface area (Å²) < 4.78 is 57.1. The number of pyridine rings is 1. The normalized spacial score (nSPS) is 11.2. The van der Waals surface area contributed by atoms with E-state index in [4.69, 9.17) is 0 Å². The van der Waals surface area contributed by atoms with Crippen molar-refractivity contribution < 1.29 is 31.8 Å². The summed E-state index contributed by atoms with van der Waals surface area (Å²) in [5.41, 5.74) is -1.13. The highest BCUT2D eigenvalue weighted by Gasteiger charge is 2.33. The number of aromatic nitrogens is 1. The van der Waals surface area contributed by atoms with Gasteiger partial charge in [-0.2, -0.15) is 0 Å². The molecule has 0 bridgehead atoms. The van der Waals surface area contributed by atoms with Crippen LogP contribution in [0.3, 0.4) is 0 Å². The van der Waals surface area contributed by atoms with E-state index in [1.807, 2.05) is 0 Å². The van der Waals surface area contributed by atoms with Crippen LogP contribution in [0.1, 0.15) is 16.1 Å². The maximum atomic E-state index is 12.8. The lowest BCUT2D eigenvalue weighted by Gasteiger charge is -2.14. The SMILES string of the molecule is COC(=O)c1nc(I)cc(OC(F)(F)F)c1CF. The lowest BCUT2D eigenvalue weighted by molar-refractivity contribution is -0.275. The Morgan fingerprint density at radius 3 is 2.56 bits per heavy atom. The third-order valence-corrected chi connectivity index (χ3v) is 2.34. The van der Waals surface area contributed by atoms with E-state index in [1.165, 1.54) is 0 Å². The third kappa shape index (κ3) is 3.68. The molecule has 0 spiro atoms. The summed E-state index contributed by atoms with van der Waals surface area (Å²) in [7, 11) is 1.01. The van der Waals surface area contributed by atoms with Gasteiger partial charge in [0.1, 0.15) is 16.1 Å². The second-order valence-corrected chi connectivity index (χ2v) is 4.05. The number of carbonyl (C=O) groups excluding carboxylic acids is 1. The molecule has 0 N–H and O–H groups in total. The maximum Gasteiger partial charge on any atom is 0.573 e. The molecule has 0 unspecified atom stereocenters. The molecule has 0 fully saturated rings. The van der Waals surface area contributed by atoms with Crippen molar-refractivity contribution >= 4 is 28.6 Å². The second-order valence-electron chi connectivity index (χ2n) is 2.94. The highest BCUT2D eigenvalue weighted by atomic mass is 127. The largest absolute Gasteiger partial charge is 0.573 e. The zero-order valence-electron chi connectivity index (χ0n) is 8.85. The van der Waals surface area contributed by atoms with Crippen LogP contribution in [0, 0.1) is 3.70 Å². The van der Waals surface area contributed by atoms with Gasteiger partial charge in [-0.05, 0) is 22.6 Å². The van der Waals surface area contributed by atoms with E-state index >= 15 is 0 Å². The summed E-state index contributed by atoms with van der Waals surface area (Å²) in [4.78, 5) is 14.9. The van der Waals surface area contributed by atoms with Gasteiger partial charge in [-0.15, -0.1) is 13.2 Å². The predicted octanol–water partition coefficient (Wildman–Crippen LogP) is 2.84. The molecular formula is C9H6F4INO3. The number of alkyl halides is 4. The topological polar surface area (TPSA) is 48.4 Å². The van der Waals surface area contributed by atoms with Gasteiger partial charge in [0, 0.05) is 6.07 Å². The number of rotatable bonds is 3. The molecule has 9 heteroatoms. The average molecular weight is 379 g/mol. The van der Waals surface area contributed by atoms with Crippen molar-refractivity contribution in [3.63, 3.8) is 0 Å². The van der Waals surface area contributed by atoms with Crippen molar-refractivity contribution in [1.29, 1.82) is 0 Å². The minimum absolute atomic E-state index is 0.0458. The van der Waals surface area contributed by atoms with Gasteiger partial charge in [0.15, 0.2) is 5.69 Å². The first-order chi connectivity index (χ1) is 8.28. The quantitative estimate of drug-likeness (QED) is 0.351. The van der Waals surface area contributed by atoms with Gasteiger partial charge in [0.2, 0.25) is 0 Å². The summed E-state index contributed by atoms with van der Waals surface area (Å²) in [5.74, 6) is -1.84. The van der Waals surface area contributed by atoms with E-state index in [0.29, 0.717) is 0 Å². The Morgan fingerprint density at radius 2 is 2.11 bits per heavy atom. The first kappa shape index (κ1) is 14.9. The standard InChI is InChI=1S/C9H6F4INO3/c1-17-8(16)7-4(3-10)5(2-6(14)15-7)18-9(11,12)13/h2H,3H2,1H3. The third-order valence-electron chi connectivity index (χ3n) is 1.79. The molecule has 0 saturated carbocycles. The van der Waals surface area contributed by atoms with Gasteiger partial charge in [0.25, 0.3) is 0 Å². The first-order valence-corrected chi connectivity index (χ1v) is 5.45. The molecule has 1 aromatic rings. The minimum atomic E-state index is -4.98. The Bertz CT molecular complexity index is 464. The molecule has 4 nitrogen and oxygen atoms in total. The van der Waals surface area contributed by atoms with E-state index in [1.54, 1.807) is 22.6 Å². The van der Waals surface area contributed by atoms with Gasteiger partial charge < -0.3 is 9.47 Å². The zero-order chi connectivity index (χ0) is 13.9. The van der Waals surface area contributed by atoms with Crippen LogP contribution in [-0.4, -0.2) is 24.4 Å². The van der Waals surface area contributed by atoms with Crippen molar-refractivity contribution in [3.05, 3.63) is 21.0 Å². The summed E-state index contributed by atoms with van der Waals surface area (Å²) >= 11 is 1.58. The molecule has 0 aromatic carbocycles. The van der Waals surface area contributed by atoms with E-state index in [-0.39, 0.29) is 3.70 Å². The number of ether oxygens (including phenoxy) is 2. The number of hydrogen-bond acceptors (Lipinski definition) is 4. The fourth-order valence-electron chi connectivity index (χ4n) is 1.13. The van der Waals surface area contributed by atoms with Gasteiger partial charge >= 0.3 is 12.3 Å². The monoisotopic (exact) mass is 379 g/mol. The Kier molecular flexibility index (Phi) is 4.71. The van der Waals surface area contributed by atoms with Crippen LogP contribution >= 0.6 is 22.6 Å². The molecule has 0 radical (unpaired) electrons. The van der Waals surface area contributed by atoms with E-state index in [9.17, 15) is 22.4 Å². The Morgan fingerprint density at radius 1 is 1.50 bits per heavy atom. The van der Waals surface area contributed by atoms with Crippen molar-refractivity contribution in [2.24, 2.45) is 0 Å². The Balaban J connectivity index is 3.33. The van der Waals surface area contributed by atoms with Crippen LogP contribution in [-0.2, 0) is 11.4 Å². The molecule has 0 aliphatic heterocycles. The van der Waals surface area contributed by atoms with Crippen LogP contribution in [0.2, 0.25) is 0 Å². The number of halogens is 5. The molecule has 0 aliphatic rings. The van der Waals surface area contributed by atoms with Gasteiger partial charge in [0.05, 0.1) is 12.7 Å². The summed E-state index contributed by atoms with van der Waals surface area (Å²) in [6, 6.07) is 0.884. The fourth-order valence-corrected chi connectivity index (χ4v) is 1.65. The van der Waals surface area contributed by atoms with Crippen molar-refractivity contribution in [2.75, 3.05) is 7.11 Å². The van der Waals surface area contributed by atoms with Crippen LogP contribution < -0.4 is 4.74 Å². The molecule has 18 heavy (non-hydrogen) atoms. The number of nitrogens with zero attached hydrogens (tertiary/aromatic N) is 1. The van der Waals surface area contributed by atoms with E-state index < -0.39 is 36.0 Å². The van der Waals surface area contributed by atoms with Gasteiger partial charge in [-0.3, -0.25) is 0 Å². The summed E-state index contributed by atoms with van der Waals surface area (Å²) in [6.45, 7) is -1.33. The second kappa shape index (κ2) is 5.67. The molecule has 100 valence electrons. The molecule has 1 rings (SSSR count). The molecule has 1 aromatic heterocycles. The zero-order valence-corrected chi connectivity index (χ0v) is 11.0. The predicted molar refractivity (Wildman–Crippen MR) is 59.8 cm³/mol. The van der Waals surface area contributed by atoms with E-state index in [0.717, 1.165) is 13.2 Å².